The largest absolute Gasteiger partial charge is 0.497 e. The molecule has 194 valence electrons. The predicted molar refractivity (Wildman–Crippen MR) is 138 cm³/mol. The van der Waals surface area contributed by atoms with Crippen LogP contribution in [0.25, 0.3) is 0 Å². The zero-order chi connectivity index (χ0) is 25.7. The second kappa shape index (κ2) is 11.7. The number of benzene rings is 2. The lowest BCUT2D eigenvalue weighted by Crippen LogP contribution is -2.58. The van der Waals surface area contributed by atoms with E-state index in [2.05, 4.69) is 6.92 Å². The van der Waals surface area contributed by atoms with Gasteiger partial charge in [0.15, 0.2) is 11.5 Å². The summed E-state index contributed by atoms with van der Waals surface area (Å²) in [5.74, 6) is 2.50. The normalized spacial score (nSPS) is 22.5. The van der Waals surface area contributed by atoms with Gasteiger partial charge in [-0.1, -0.05) is 32.0 Å². The average molecular weight is 495 g/mol. The highest BCUT2D eigenvalue weighted by Gasteiger charge is 2.43. The molecule has 1 aliphatic heterocycles. The fraction of sp³-hybridized carbons (Fsp3) is 0.517. The van der Waals surface area contributed by atoms with E-state index in [1.54, 1.807) is 19.1 Å². The quantitative estimate of drug-likeness (QED) is 0.492. The Labute approximate surface area is 214 Å². The van der Waals surface area contributed by atoms with Crippen molar-refractivity contribution in [2.75, 3.05) is 27.4 Å². The number of rotatable bonds is 9. The van der Waals surface area contributed by atoms with Crippen molar-refractivity contribution < 1.29 is 23.8 Å². The molecule has 1 heterocycles. The minimum atomic E-state index is -0.731. The van der Waals surface area contributed by atoms with Crippen LogP contribution in [0.1, 0.15) is 63.1 Å². The van der Waals surface area contributed by atoms with Gasteiger partial charge in [-0.3, -0.25) is 9.59 Å². The minimum Gasteiger partial charge on any atom is -0.497 e. The van der Waals surface area contributed by atoms with Crippen LogP contribution in [0.5, 0.6) is 17.2 Å². The highest BCUT2D eigenvalue weighted by atomic mass is 16.5. The standard InChI is InChI=1S/C29H38N2O5/c1-5-15-36-25-14-11-22(17-26(25)35-4)28-29(33)30(23-12-9-20(2)10-13-23)19-27(32)31(28)18-21-7-6-8-24(16-21)34-3/h6-8,11,14,16-17,20,23,28H,5,9-10,12-13,15,18-19H2,1-4H3/t20?,23?,28-/m1/s1. The van der Waals surface area contributed by atoms with Crippen LogP contribution in [0.4, 0.5) is 0 Å². The molecule has 1 atom stereocenters. The van der Waals surface area contributed by atoms with E-state index in [1.807, 2.05) is 54.3 Å². The Hall–Kier alpha value is -3.22. The third kappa shape index (κ3) is 5.61. The van der Waals surface area contributed by atoms with Crippen LogP contribution in [-0.4, -0.2) is 55.0 Å². The third-order valence-corrected chi connectivity index (χ3v) is 7.33. The maximum absolute atomic E-state index is 14.1. The van der Waals surface area contributed by atoms with Crippen molar-refractivity contribution in [3.05, 3.63) is 53.6 Å². The van der Waals surface area contributed by atoms with E-state index in [1.165, 1.54) is 0 Å². The van der Waals surface area contributed by atoms with E-state index in [0.29, 0.717) is 30.6 Å². The van der Waals surface area contributed by atoms with Crippen molar-refractivity contribution in [1.82, 2.24) is 9.80 Å². The summed E-state index contributed by atoms with van der Waals surface area (Å²) in [4.78, 5) is 31.2. The molecule has 1 aliphatic carbocycles. The number of nitrogens with zero attached hydrogens (tertiary/aromatic N) is 2. The number of piperazine rings is 1. The third-order valence-electron chi connectivity index (χ3n) is 7.33. The van der Waals surface area contributed by atoms with E-state index in [0.717, 1.165) is 49.0 Å². The van der Waals surface area contributed by atoms with Crippen LogP contribution in [0, 0.1) is 5.92 Å². The molecule has 0 radical (unpaired) electrons. The van der Waals surface area contributed by atoms with E-state index in [-0.39, 0.29) is 24.4 Å². The Balaban J connectivity index is 1.69. The molecular weight excluding hydrogens is 456 g/mol. The van der Waals surface area contributed by atoms with Crippen LogP contribution in [0.2, 0.25) is 0 Å². The lowest BCUT2D eigenvalue weighted by atomic mass is 9.85. The average Bonchev–Trinajstić information content (AvgIpc) is 2.90. The molecular formula is C29H38N2O5. The van der Waals surface area contributed by atoms with Crippen LogP contribution in [0.3, 0.4) is 0 Å². The van der Waals surface area contributed by atoms with Gasteiger partial charge in [0.25, 0.3) is 5.91 Å². The van der Waals surface area contributed by atoms with Crippen molar-refractivity contribution in [2.45, 2.75) is 64.6 Å². The maximum atomic E-state index is 14.1. The van der Waals surface area contributed by atoms with Gasteiger partial charge in [-0.05, 0) is 73.4 Å². The Bertz CT molecular complexity index is 1060. The van der Waals surface area contributed by atoms with Gasteiger partial charge in [-0.15, -0.1) is 0 Å². The van der Waals surface area contributed by atoms with E-state index in [9.17, 15) is 9.59 Å². The molecule has 0 bridgehead atoms. The Morgan fingerprint density at radius 1 is 0.944 bits per heavy atom. The number of carbonyl (C=O) groups is 2. The van der Waals surface area contributed by atoms with Gasteiger partial charge in [0, 0.05) is 12.6 Å². The zero-order valence-corrected chi connectivity index (χ0v) is 21.9. The first-order valence-electron chi connectivity index (χ1n) is 13.0. The molecule has 1 saturated heterocycles. The van der Waals surface area contributed by atoms with Gasteiger partial charge in [-0.2, -0.15) is 0 Å². The van der Waals surface area contributed by atoms with Crippen LogP contribution >= 0.6 is 0 Å². The summed E-state index contributed by atoms with van der Waals surface area (Å²) in [6.45, 7) is 5.31. The Morgan fingerprint density at radius 3 is 2.42 bits per heavy atom. The molecule has 2 aliphatic rings. The second-order valence-corrected chi connectivity index (χ2v) is 9.91. The van der Waals surface area contributed by atoms with Crippen molar-refractivity contribution in [3.8, 4) is 17.2 Å². The topological polar surface area (TPSA) is 68.3 Å². The highest BCUT2D eigenvalue weighted by Crippen LogP contribution is 2.38. The summed E-state index contributed by atoms with van der Waals surface area (Å²) < 4.78 is 16.8. The first-order valence-corrected chi connectivity index (χ1v) is 13.0. The fourth-order valence-corrected chi connectivity index (χ4v) is 5.27. The minimum absolute atomic E-state index is 0.0265. The summed E-state index contributed by atoms with van der Waals surface area (Å²) in [7, 11) is 3.21. The molecule has 2 amide bonds. The molecule has 2 aromatic rings. The highest BCUT2D eigenvalue weighted by molar-refractivity contribution is 5.96. The SMILES string of the molecule is CCCOc1ccc([C@@H]2C(=O)N(C3CCC(C)CC3)CC(=O)N2Cc2cccc(OC)c2)cc1OC. The molecule has 2 aromatic carbocycles. The van der Waals surface area contributed by atoms with Gasteiger partial charge in [0.05, 0.1) is 20.8 Å². The number of methoxy groups -OCH3 is 2. The number of ether oxygens (including phenoxy) is 3. The first kappa shape index (κ1) is 25.9. The van der Waals surface area contributed by atoms with Gasteiger partial charge in [0.2, 0.25) is 5.91 Å². The lowest BCUT2D eigenvalue weighted by Gasteiger charge is -2.45. The van der Waals surface area contributed by atoms with Gasteiger partial charge < -0.3 is 24.0 Å². The number of amides is 2. The lowest BCUT2D eigenvalue weighted by molar-refractivity contribution is -0.160. The molecule has 0 unspecified atom stereocenters. The molecule has 2 fully saturated rings. The summed E-state index contributed by atoms with van der Waals surface area (Å²) >= 11 is 0. The summed E-state index contributed by atoms with van der Waals surface area (Å²) in [6, 6.07) is 12.6. The van der Waals surface area contributed by atoms with Gasteiger partial charge >= 0.3 is 0 Å². The number of carbonyl (C=O) groups excluding carboxylic acids is 2. The second-order valence-electron chi connectivity index (χ2n) is 9.91. The molecule has 7 nitrogen and oxygen atoms in total. The van der Waals surface area contributed by atoms with E-state index in [4.69, 9.17) is 14.2 Å². The van der Waals surface area contributed by atoms with Crippen molar-refractivity contribution in [3.63, 3.8) is 0 Å². The van der Waals surface area contributed by atoms with Crippen molar-refractivity contribution in [1.29, 1.82) is 0 Å². The monoisotopic (exact) mass is 494 g/mol. The van der Waals surface area contributed by atoms with Crippen molar-refractivity contribution >= 4 is 11.8 Å². The molecule has 0 spiro atoms. The maximum Gasteiger partial charge on any atom is 0.250 e. The van der Waals surface area contributed by atoms with Crippen molar-refractivity contribution in [2.24, 2.45) is 5.92 Å². The summed E-state index contributed by atoms with van der Waals surface area (Å²) in [5.41, 5.74) is 1.64. The molecule has 4 rings (SSSR count). The predicted octanol–water partition coefficient (Wildman–Crippen LogP) is 4.98. The van der Waals surface area contributed by atoms with Gasteiger partial charge in [-0.25, -0.2) is 0 Å². The first-order chi connectivity index (χ1) is 17.4. The number of hydrogen-bond donors (Lipinski definition) is 0. The van der Waals surface area contributed by atoms with E-state index >= 15 is 0 Å². The summed E-state index contributed by atoms with van der Waals surface area (Å²) in [5, 5.41) is 0. The van der Waals surface area contributed by atoms with Crippen LogP contribution < -0.4 is 14.2 Å². The number of hydrogen-bond acceptors (Lipinski definition) is 5. The smallest absolute Gasteiger partial charge is 0.250 e. The Morgan fingerprint density at radius 2 is 1.72 bits per heavy atom. The molecule has 1 saturated carbocycles. The summed E-state index contributed by atoms with van der Waals surface area (Å²) in [6.07, 6.45) is 4.92. The fourth-order valence-electron chi connectivity index (χ4n) is 5.27. The van der Waals surface area contributed by atoms with Crippen LogP contribution in [0.15, 0.2) is 42.5 Å². The Kier molecular flexibility index (Phi) is 8.39. The zero-order valence-electron chi connectivity index (χ0n) is 21.9. The molecule has 0 N–H and O–H groups in total. The van der Waals surface area contributed by atoms with Crippen LogP contribution in [-0.2, 0) is 16.1 Å². The van der Waals surface area contributed by atoms with E-state index < -0.39 is 6.04 Å². The van der Waals surface area contributed by atoms with Gasteiger partial charge in [0.1, 0.15) is 18.3 Å². The molecule has 7 heteroatoms. The molecule has 36 heavy (non-hydrogen) atoms. The molecule has 0 aromatic heterocycles.